The maximum Gasteiger partial charge on any atom is 0.315 e. The van der Waals surface area contributed by atoms with Gasteiger partial charge in [0, 0.05) is 12.6 Å². The highest BCUT2D eigenvalue weighted by Crippen LogP contribution is 2.28. The zero-order valence-corrected chi connectivity index (χ0v) is 8.55. The van der Waals surface area contributed by atoms with Crippen molar-refractivity contribution in [1.82, 2.24) is 10.6 Å². The lowest BCUT2D eigenvalue weighted by atomic mass is 10.3. The largest absolute Gasteiger partial charge is 0.335 e. The Hall–Kier alpha value is -0.990. The van der Waals surface area contributed by atoms with E-state index in [0.29, 0.717) is 18.5 Å². The van der Waals surface area contributed by atoms with Crippen molar-refractivity contribution in [2.24, 2.45) is 5.92 Å². The summed E-state index contributed by atoms with van der Waals surface area (Å²) in [6, 6.07) is 0.360. The van der Waals surface area contributed by atoms with E-state index in [2.05, 4.69) is 17.6 Å². The van der Waals surface area contributed by atoms with Crippen LogP contribution >= 0.6 is 0 Å². The monoisotopic (exact) mass is 182 g/mol. The number of allylic oxidation sites excluding steroid dienone is 1. The number of carbonyl (C=O) groups excluding carboxylic acids is 1. The third-order valence-electron chi connectivity index (χ3n) is 2.20. The van der Waals surface area contributed by atoms with E-state index in [9.17, 15) is 4.79 Å². The molecular weight excluding hydrogens is 164 g/mol. The number of nitrogens with one attached hydrogen (secondary N) is 2. The maximum absolute atomic E-state index is 11.2. The van der Waals surface area contributed by atoms with Crippen molar-refractivity contribution in [3.63, 3.8) is 0 Å². The molecule has 1 rings (SSSR count). The van der Waals surface area contributed by atoms with E-state index in [1.807, 2.05) is 19.9 Å². The Morgan fingerprint density at radius 3 is 2.62 bits per heavy atom. The van der Waals surface area contributed by atoms with Gasteiger partial charge < -0.3 is 10.6 Å². The Bertz CT molecular complexity index is 219. The average molecular weight is 182 g/mol. The van der Waals surface area contributed by atoms with Crippen LogP contribution in [0.5, 0.6) is 0 Å². The van der Waals surface area contributed by atoms with E-state index < -0.39 is 0 Å². The summed E-state index contributed by atoms with van der Waals surface area (Å²) in [5, 5.41) is 5.68. The lowest BCUT2D eigenvalue weighted by Gasteiger charge is -2.04. The fourth-order valence-corrected chi connectivity index (χ4v) is 1.09. The normalized spacial score (nSPS) is 24.8. The minimum absolute atomic E-state index is 0.0492. The van der Waals surface area contributed by atoms with E-state index in [-0.39, 0.29) is 6.03 Å². The Morgan fingerprint density at radius 2 is 2.15 bits per heavy atom. The van der Waals surface area contributed by atoms with Crippen LogP contribution in [0.4, 0.5) is 4.79 Å². The van der Waals surface area contributed by atoms with Crippen LogP contribution < -0.4 is 10.6 Å². The maximum atomic E-state index is 11.2. The van der Waals surface area contributed by atoms with Gasteiger partial charge in [-0.2, -0.15) is 0 Å². The minimum atomic E-state index is -0.0492. The number of amides is 2. The van der Waals surface area contributed by atoms with Gasteiger partial charge in [-0.1, -0.05) is 18.6 Å². The fraction of sp³-hybridized carbons (Fsp3) is 0.700. The van der Waals surface area contributed by atoms with Crippen LogP contribution in [0.25, 0.3) is 0 Å². The van der Waals surface area contributed by atoms with Crippen molar-refractivity contribution in [3.8, 4) is 0 Å². The first-order valence-electron chi connectivity index (χ1n) is 4.77. The average Bonchev–Trinajstić information content (AvgIpc) is 2.65. The van der Waals surface area contributed by atoms with Crippen LogP contribution in [0.2, 0.25) is 0 Å². The van der Waals surface area contributed by atoms with Crippen molar-refractivity contribution in [1.29, 1.82) is 0 Å². The van der Waals surface area contributed by atoms with E-state index in [4.69, 9.17) is 0 Å². The molecule has 0 bridgehead atoms. The number of hydrogen-bond acceptors (Lipinski definition) is 1. The highest BCUT2D eigenvalue weighted by Gasteiger charge is 2.33. The van der Waals surface area contributed by atoms with Crippen LogP contribution in [0.1, 0.15) is 27.2 Å². The molecule has 13 heavy (non-hydrogen) atoms. The Labute approximate surface area is 79.6 Å². The molecule has 1 aliphatic carbocycles. The molecule has 0 aromatic carbocycles. The van der Waals surface area contributed by atoms with Gasteiger partial charge in [-0.25, -0.2) is 4.79 Å². The van der Waals surface area contributed by atoms with Gasteiger partial charge in [-0.3, -0.25) is 0 Å². The van der Waals surface area contributed by atoms with Gasteiger partial charge in [0.25, 0.3) is 0 Å². The number of rotatable bonds is 3. The molecule has 0 unspecified atom stereocenters. The van der Waals surface area contributed by atoms with E-state index >= 15 is 0 Å². The summed E-state index contributed by atoms with van der Waals surface area (Å²) in [5.41, 5.74) is 1.22. The molecule has 1 saturated carbocycles. The molecule has 1 aliphatic rings. The zero-order valence-electron chi connectivity index (χ0n) is 8.55. The van der Waals surface area contributed by atoms with Crippen LogP contribution in [-0.4, -0.2) is 18.6 Å². The quantitative estimate of drug-likeness (QED) is 0.640. The van der Waals surface area contributed by atoms with Crippen LogP contribution in [-0.2, 0) is 0 Å². The number of urea groups is 1. The molecule has 0 aliphatic heterocycles. The molecule has 0 aromatic rings. The molecule has 2 atom stereocenters. The molecule has 1 fully saturated rings. The third kappa shape index (κ3) is 3.97. The lowest BCUT2D eigenvalue weighted by Crippen LogP contribution is -2.37. The second kappa shape index (κ2) is 4.30. The SMILES string of the molecule is CC(C)=CCNC(=O)N[C@@H]1C[C@H]1C. The zero-order chi connectivity index (χ0) is 9.84. The van der Waals surface area contributed by atoms with Crippen LogP contribution in [0, 0.1) is 5.92 Å². The van der Waals surface area contributed by atoms with Crippen molar-refractivity contribution in [2.45, 2.75) is 33.2 Å². The summed E-state index contributed by atoms with van der Waals surface area (Å²) in [4.78, 5) is 11.2. The summed E-state index contributed by atoms with van der Waals surface area (Å²) in [6.07, 6.45) is 3.12. The van der Waals surface area contributed by atoms with Crippen molar-refractivity contribution < 1.29 is 4.79 Å². The second-order valence-electron chi connectivity index (χ2n) is 3.96. The van der Waals surface area contributed by atoms with Crippen molar-refractivity contribution in [3.05, 3.63) is 11.6 Å². The molecule has 3 heteroatoms. The van der Waals surface area contributed by atoms with Gasteiger partial charge in [0.05, 0.1) is 0 Å². The van der Waals surface area contributed by atoms with Gasteiger partial charge in [0.1, 0.15) is 0 Å². The Morgan fingerprint density at radius 1 is 1.54 bits per heavy atom. The van der Waals surface area contributed by atoms with E-state index in [1.54, 1.807) is 0 Å². The molecule has 0 heterocycles. The first-order valence-corrected chi connectivity index (χ1v) is 4.77. The smallest absolute Gasteiger partial charge is 0.315 e. The first-order chi connectivity index (χ1) is 6.09. The second-order valence-corrected chi connectivity index (χ2v) is 3.96. The van der Waals surface area contributed by atoms with Gasteiger partial charge >= 0.3 is 6.03 Å². The molecule has 3 nitrogen and oxygen atoms in total. The molecule has 0 saturated heterocycles. The van der Waals surface area contributed by atoms with E-state index in [0.717, 1.165) is 6.42 Å². The van der Waals surface area contributed by atoms with Gasteiger partial charge in [0.15, 0.2) is 0 Å². The molecular formula is C10H18N2O. The highest BCUT2D eigenvalue weighted by molar-refractivity contribution is 5.74. The van der Waals surface area contributed by atoms with Crippen molar-refractivity contribution in [2.75, 3.05) is 6.54 Å². The minimum Gasteiger partial charge on any atom is -0.335 e. The Balaban J connectivity index is 2.08. The number of hydrogen-bond donors (Lipinski definition) is 2. The molecule has 74 valence electrons. The van der Waals surface area contributed by atoms with Crippen molar-refractivity contribution >= 4 is 6.03 Å². The molecule has 0 aromatic heterocycles. The van der Waals surface area contributed by atoms with Crippen LogP contribution in [0.3, 0.4) is 0 Å². The summed E-state index contributed by atoms with van der Waals surface area (Å²) in [6.45, 7) is 6.79. The predicted octanol–water partition coefficient (Wildman–Crippen LogP) is 1.66. The summed E-state index contributed by atoms with van der Waals surface area (Å²) < 4.78 is 0. The van der Waals surface area contributed by atoms with Crippen LogP contribution in [0.15, 0.2) is 11.6 Å². The van der Waals surface area contributed by atoms with Gasteiger partial charge in [-0.15, -0.1) is 0 Å². The standard InChI is InChI=1S/C10H18N2O/c1-7(2)4-5-11-10(13)12-9-6-8(9)3/h4,8-9H,5-6H2,1-3H3,(H2,11,12,13)/t8-,9-/m1/s1. The summed E-state index contributed by atoms with van der Waals surface area (Å²) in [7, 11) is 0. The topological polar surface area (TPSA) is 41.1 Å². The Kier molecular flexibility index (Phi) is 3.34. The molecule has 2 N–H and O–H groups in total. The fourth-order valence-electron chi connectivity index (χ4n) is 1.09. The first kappa shape index (κ1) is 10.1. The molecule has 0 spiro atoms. The van der Waals surface area contributed by atoms with E-state index in [1.165, 1.54) is 5.57 Å². The van der Waals surface area contributed by atoms with Gasteiger partial charge in [-0.05, 0) is 26.2 Å². The highest BCUT2D eigenvalue weighted by atomic mass is 16.2. The summed E-state index contributed by atoms with van der Waals surface area (Å²) in [5.74, 6) is 0.661. The molecule has 2 amide bonds. The lowest BCUT2D eigenvalue weighted by molar-refractivity contribution is 0.241. The predicted molar refractivity (Wildman–Crippen MR) is 53.5 cm³/mol. The summed E-state index contributed by atoms with van der Waals surface area (Å²) >= 11 is 0. The number of carbonyl (C=O) groups is 1. The third-order valence-corrected chi connectivity index (χ3v) is 2.20. The van der Waals surface area contributed by atoms with Gasteiger partial charge in [0.2, 0.25) is 0 Å². The molecule has 0 radical (unpaired) electrons.